The molecule has 11 rings (SSSR count). The molecule has 250 valence electrons. The summed E-state index contributed by atoms with van der Waals surface area (Å²) in [5.41, 5.74) is 12.6. The number of nitrogens with zero attached hydrogens (tertiary/aromatic N) is 2. The number of benzene rings is 9. The zero-order valence-corrected chi connectivity index (χ0v) is 29.3. The Bertz CT molecular complexity index is 2850. The van der Waals surface area contributed by atoms with Crippen LogP contribution in [0.25, 0.3) is 43.4 Å². The first kappa shape index (κ1) is 30.0. The minimum atomic E-state index is 0.00272. The molecule has 0 atom stereocenters. The molecule has 0 N–H and O–H groups in total. The van der Waals surface area contributed by atoms with Gasteiger partial charge in [-0.2, -0.15) is 0 Å². The highest BCUT2D eigenvalue weighted by atomic mass is 15.1. The Labute approximate surface area is 309 Å². The van der Waals surface area contributed by atoms with Gasteiger partial charge in [0.15, 0.2) is 0 Å². The van der Waals surface area contributed by atoms with Crippen molar-refractivity contribution in [2.24, 2.45) is 0 Å². The number of hydrogen-bond donors (Lipinski definition) is 0. The van der Waals surface area contributed by atoms with Gasteiger partial charge in [-0.3, -0.25) is 0 Å². The van der Waals surface area contributed by atoms with Crippen molar-refractivity contribution in [3.63, 3.8) is 0 Å². The van der Waals surface area contributed by atoms with Gasteiger partial charge in [-0.15, -0.1) is 0 Å². The van der Waals surface area contributed by atoms with Crippen molar-refractivity contribution in [2.45, 2.75) is 18.3 Å². The van der Waals surface area contributed by atoms with Crippen LogP contribution in [0.5, 0.6) is 0 Å². The molecule has 1 spiro atoms. The van der Waals surface area contributed by atoms with E-state index < -0.39 is 0 Å². The highest BCUT2D eigenvalue weighted by Gasteiger charge is 2.50. The summed E-state index contributed by atoms with van der Waals surface area (Å²) in [6.45, 7) is 0. The zero-order valence-electron chi connectivity index (χ0n) is 29.3. The Morgan fingerprint density at radius 3 is 1.53 bits per heavy atom. The van der Waals surface area contributed by atoms with E-state index in [1.54, 1.807) is 0 Å². The van der Waals surface area contributed by atoms with Crippen molar-refractivity contribution in [1.82, 2.24) is 0 Å². The van der Waals surface area contributed by atoms with E-state index in [2.05, 4.69) is 204 Å². The van der Waals surface area contributed by atoms with E-state index in [4.69, 9.17) is 0 Å². The molecule has 53 heavy (non-hydrogen) atoms. The number of anilines is 6. The average Bonchev–Trinajstić information content (AvgIpc) is 4.03. The molecule has 0 aromatic heterocycles. The first-order chi connectivity index (χ1) is 26.2. The van der Waals surface area contributed by atoms with Gasteiger partial charge in [0.1, 0.15) is 0 Å². The van der Waals surface area contributed by atoms with Crippen molar-refractivity contribution in [3.8, 4) is 11.1 Å². The Kier molecular flexibility index (Phi) is 6.63. The van der Waals surface area contributed by atoms with E-state index in [0.717, 1.165) is 35.6 Å². The van der Waals surface area contributed by atoms with Crippen LogP contribution in [0.15, 0.2) is 194 Å². The third kappa shape index (κ3) is 4.72. The van der Waals surface area contributed by atoms with E-state index in [9.17, 15) is 0 Å². The summed E-state index contributed by atoms with van der Waals surface area (Å²) in [7, 11) is 0. The lowest BCUT2D eigenvalue weighted by Gasteiger charge is -2.34. The van der Waals surface area contributed by atoms with Crippen molar-refractivity contribution >= 4 is 66.4 Å². The fourth-order valence-electron chi connectivity index (χ4n) is 8.98. The van der Waals surface area contributed by atoms with E-state index in [0.29, 0.717) is 0 Å². The topological polar surface area (TPSA) is 6.48 Å². The van der Waals surface area contributed by atoms with Crippen molar-refractivity contribution in [3.05, 3.63) is 205 Å². The standard InChI is InChI=1S/C51H36N2/c1-3-16-39(17-4-1)52(41-24-22-35-12-7-9-14-37(35)32-41)43-26-27-44-45-20-11-21-46-49(29-28-47(50(45)46)51(30-31-51)48(44)34-43)53(40-18-5-2-6-19-40)42-25-23-36-13-8-10-15-38(36)33-42/h1-29,32-34H,30-31H2. The summed E-state index contributed by atoms with van der Waals surface area (Å²) in [5, 5.41) is 7.66. The summed E-state index contributed by atoms with van der Waals surface area (Å²) >= 11 is 0. The normalized spacial score (nSPS) is 13.7. The summed E-state index contributed by atoms with van der Waals surface area (Å²) in [5.74, 6) is 0. The Balaban J connectivity index is 1.10. The molecule has 1 saturated carbocycles. The third-order valence-electron chi connectivity index (χ3n) is 11.6. The second kappa shape index (κ2) is 11.7. The molecular formula is C51H36N2. The second-order valence-electron chi connectivity index (χ2n) is 14.6. The van der Waals surface area contributed by atoms with Crippen LogP contribution in [0.1, 0.15) is 24.0 Å². The van der Waals surface area contributed by atoms with Gasteiger partial charge in [-0.1, -0.05) is 127 Å². The van der Waals surface area contributed by atoms with Crippen LogP contribution in [0.4, 0.5) is 34.1 Å². The molecular weight excluding hydrogens is 641 g/mol. The highest BCUT2D eigenvalue weighted by Crippen LogP contribution is 2.63. The zero-order chi connectivity index (χ0) is 34.9. The number of hydrogen-bond acceptors (Lipinski definition) is 2. The van der Waals surface area contributed by atoms with Gasteiger partial charge < -0.3 is 9.80 Å². The van der Waals surface area contributed by atoms with Crippen LogP contribution in [-0.4, -0.2) is 0 Å². The molecule has 0 saturated heterocycles. The number of para-hydroxylation sites is 2. The number of rotatable bonds is 6. The molecule has 0 amide bonds. The van der Waals surface area contributed by atoms with Gasteiger partial charge in [0.2, 0.25) is 0 Å². The minimum absolute atomic E-state index is 0.00272. The van der Waals surface area contributed by atoms with Crippen LogP contribution < -0.4 is 9.80 Å². The van der Waals surface area contributed by atoms with Gasteiger partial charge in [0, 0.05) is 39.2 Å². The molecule has 0 unspecified atom stereocenters. The molecule has 0 radical (unpaired) electrons. The quantitative estimate of drug-likeness (QED) is 0.173. The summed E-state index contributed by atoms with van der Waals surface area (Å²) < 4.78 is 0. The van der Waals surface area contributed by atoms with Gasteiger partial charge in [0.05, 0.1) is 5.69 Å². The summed E-state index contributed by atoms with van der Waals surface area (Å²) in [6, 6.07) is 71.5. The van der Waals surface area contributed by atoms with E-state index in [-0.39, 0.29) is 5.41 Å². The molecule has 1 fully saturated rings. The summed E-state index contributed by atoms with van der Waals surface area (Å²) in [6.07, 6.45) is 2.31. The van der Waals surface area contributed by atoms with E-state index >= 15 is 0 Å². The van der Waals surface area contributed by atoms with E-state index in [1.165, 1.54) is 65.9 Å². The average molecular weight is 677 g/mol. The molecule has 2 aliphatic rings. The lowest BCUT2D eigenvalue weighted by Crippen LogP contribution is -2.18. The predicted octanol–water partition coefficient (Wildman–Crippen LogP) is 14.1. The first-order valence-corrected chi connectivity index (χ1v) is 18.6. The van der Waals surface area contributed by atoms with Gasteiger partial charge in [0.25, 0.3) is 0 Å². The first-order valence-electron chi connectivity index (χ1n) is 18.6. The smallest absolute Gasteiger partial charge is 0.0540 e. The largest absolute Gasteiger partial charge is 0.310 e. The maximum atomic E-state index is 2.49. The molecule has 2 heteroatoms. The predicted molar refractivity (Wildman–Crippen MR) is 224 cm³/mol. The Hall–Kier alpha value is -6.64. The van der Waals surface area contributed by atoms with Crippen LogP contribution in [0, 0.1) is 0 Å². The van der Waals surface area contributed by atoms with Crippen LogP contribution in [0.3, 0.4) is 0 Å². The van der Waals surface area contributed by atoms with Crippen LogP contribution in [-0.2, 0) is 5.41 Å². The van der Waals surface area contributed by atoms with Gasteiger partial charge in [-0.05, 0) is 129 Å². The molecule has 2 aliphatic carbocycles. The van der Waals surface area contributed by atoms with Crippen molar-refractivity contribution < 1.29 is 0 Å². The van der Waals surface area contributed by atoms with Gasteiger partial charge in [-0.25, -0.2) is 0 Å². The van der Waals surface area contributed by atoms with Crippen molar-refractivity contribution in [1.29, 1.82) is 0 Å². The fraction of sp³-hybridized carbons (Fsp3) is 0.0588. The molecule has 0 bridgehead atoms. The summed E-state index contributed by atoms with van der Waals surface area (Å²) in [4.78, 5) is 4.86. The van der Waals surface area contributed by atoms with Crippen LogP contribution >= 0.6 is 0 Å². The lowest BCUT2D eigenvalue weighted by molar-refractivity contribution is 0.853. The Morgan fingerprint density at radius 1 is 0.340 bits per heavy atom. The SMILES string of the molecule is c1ccc(N(c2ccc3c(c2)C2(CC2)c2ccc(N(c4ccccc4)c4ccc5ccccc5c4)c4cccc-3c24)c2ccc3ccccc3c2)cc1. The van der Waals surface area contributed by atoms with Crippen LogP contribution in [0.2, 0.25) is 0 Å². The molecule has 2 nitrogen and oxygen atoms in total. The second-order valence-corrected chi connectivity index (χ2v) is 14.6. The molecule has 0 heterocycles. The number of fused-ring (bicyclic) bond motifs is 6. The molecule has 0 aliphatic heterocycles. The maximum Gasteiger partial charge on any atom is 0.0540 e. The minimum Gasteiger partial charge on any atom is -0.310 e. The third-order valence-corrected chi connectivity index (χ3v) is 11.6. The molecule has 9 aromatic rings. The monoisotopic (exact) mass is 676 g/mol. The molecule has 9 aromatic carbocycles. The fourth-order valence-corrected chi connectivity index (χ4v) is 8.98. The lowest BCUT2D eigenvalue weighted by atomic mass is 9.74. The highest BCUT2D eigenvalue weighted by molar-refractivity contribution is 6.11. The Morgan fingerprint density at radius 2 is 0.887 bits per heavy atom. The maximum absolute atomic E-state index is 2.49. The van der Waals surface area contributed by atoms with Gasteiger partial charge >= 0.3 is 0 Å². The van der Waals surface area contributed by atoms with Crippen molar-refractivity contribution in [2.75, 3.05) is 9.80 Å². The van der Waals surface area contributed by atoms with E-state index in [1.807, 2.05) is 0 Å².